The fourth-order valence-corrected chi connectivity index (χ4v) is 6.17. The first-order valence-corrected chi connectivity index (χ1v) is 9.29. The third-order valence-electron chi connectivity index (χ3n) is 7.32. The standard InChI is InChI=1S/C22H30/c1-15-12-13-16(14-15)22(2,3)21-19-10-6-4-8-17(19)18-9-5-7-11-20(18)21/h4-11,15-21H,12-14H2,1-3H3/t15-,16?,17?,18?,19?,20?,21?/m1/s1. The van der Waals surface area contributed by atoms with Crippen molar-refractivity contribution in [2.24, 2.45) is 46.8 Å². The molecule has 0 saturated heterocycles. The van der Waals surface area contributed by atoms with Crippen LogP contribution in [0.25, 0.3) is 0 Å². The maximum absolute atomic E-state index is 2.58. The van der Waals surface area contributed by atoms with Gasteiger partial charge in [0.2, 0.25) is 0 Å². The van der Waals surface area contributed by atoms with Crippen LogP contribution in [-0.4, -0.2) is 0 Å². The van der Waals surface area contributed by atoms with Crippen molar-refractivity contribution in [1.82, 2.24) is 0 Å². The normalized spacial score (nSPS) is 46.0. The van der Waals surface area contributed by atoms with Crippen molar-refractivity contribution in [3.63, 3.8) is 0 Å². The number of hydrogen-bond donors (Lipinski definition) is 0. The van der Waals surface area contributed by atoms with Gasteiger partial charge in [-0.1, -0.05) is 75.8 Å². The van der Waals surface area contributed by atoms with Crippen LogP contribution in [0.15, 0.2) is 48.6 Å². The average Bonchev–Trinajstić information content (AvgIpc) is 3.09. The van der Waals surface area contributed by atoms with E-state index in [9.17, 15) is 0 Å². The van der Waals surface area contributed by atoms with Gasteiger partial charge < -0.3 is 0 Å². The largest absolute Gasteiger partial charge is 0.0805 e. The van der Waals surface area contributed by atoms with Gasteiger partial charge in [-0.3, -0.25) is 0 Å². The van der Waals surface area contributed by atoms with Crippen LogP contribution in [0.5, 0.6) is 0 Å². The first-order chi connectivity index (χ1) is 10.6. The van der Waals surface area contributed by atoms with Crippen LogP contribution in [-0.2, 0) is 0 Å². The maximum Gasteiger partial charge on any atom is -0.00954 e. The molecule has 0 aromatic heterocycles. The molecule has 0 N–H and O–H groups in total. The van der Waals surface area contributed by atoms with Gasteiger partial charge in [0.25, 0.3) is 0 Å². The first kappa shape index (κ1) is 14.5. The molecule has 0 aliphatic heterocycles. The Labute approximate surface area is 136 Å². The smallest absolute Gasteiger partial charge is 0.00954 e. The minimum atomic E-state index is 0.443. The second kappa shape index (κ2) is 5.25. The van der Waals surface area contributed by atoms with Gasteiger partial charge in [0.1, 0.15) is 0 Å². The zero-order chi connectivity index (χ0) is 15.3. The molecule has 4 aliphatic carbocycles. The molecule has 0 spiro atoms. The predicted molar refractivity (Wildman–Crippen MR) is 94.3 cm³/mol. The van der Waals surface area contributed by atoms with Crippen molar-refractivity contribution in [3.05, 3.63) is 48.6 Å². The lowest BCUT2D eigenvalue weighted by molar-refractivity contribution is 0.0731. The van der Waals surface area contributed by atoms with Gasteiger partial charge in [0.15, 0.2) is 0 Å². The summed E-state index contributed by atoms with van der Waals surface area (Å²) in [6.45, 7) is 7.61. The van der Waals surface area contributed by atoms with E-state index in [-0.39, 0.29) is 0 Å². The van der Waals surface area contributed by atoms with Crippen molar-refractivity contribution < 1.29 is 0 Å². The topological polar surface area (TPSA) is 0 Å². The highest BCUT2D eigenvalue weighted by atomic mass is 14.6. The number of fused-ring (bicyclic) bond motifs is 3. The lowest BCUT2D eigenvalue weighted by atomic mass is 9.61. The van der Waals surface area contributed by atoms with Crippen LogP contribution in [0.3, 0.4) is 0 Å². The van der Waals surface area contributed by atoms with E-state index in [1.165, 1.54) is 19.3 Å². The Balaban J connectivity index is 1.70. The molecule has 0 radical (unpaired) electrons. The third-order valence-corrected chi connectivity index (χ3v) is 7.32. The van der Waals surface area contributed by atoms with Crippen LogP contribution >= 0.6 is 0 Å². The van der Waals surface area contributed by atoms with E-state index in [0.717, 1.165) is 41.4 Å². The van der Waals surface area contributed by atoms with Crippen molar-refractivity contribution in [2.45, 2.75) is 40.0 Å². The van der Waals surface area contributed by atoms with E-state index in [0.29, 0.717) is 5.41 Å². The van der Waals surface area contributed by atoms with Crippen molar-refractivity contribution in [3.8, 4) is 0 Å². The summed E-state index contributed by atoms with van der Waals surface area (Å²) in [5.74, 6) is 5.54. The van der Waals surface area contributed by atoms with Gasteiger partial charge in [-0.15, -0.1) is 0 Å². The van der Waals surface area contributed by atoms with Gasteiger partial charge in [0.05, 0.1) is 0 Å². The molecule has 0 bridgehead atoms. The summed E-state index contributed by atoms with van der Waals surface area (Å²) >= 11 is 0. The van der Waals surface area contributed by atoms with Crippen LogP contribution < -0.4 is 0 Å². The molecule has 2 fully saturated rings. The van der Waals surface area contributed by atoms with Gasteiger partial charge in [0, 0.05) is 0 Å². The minimum absolute atomic E-state index is 0.443. The summed E-state index contributed by atoms with van der Waals surface area (Å²) in [6, 6.07) is 0. The highest BCUT2D eigenvalue weighted by Gasteiger charge is 2.54. The van der Waals surface area contributed by atoms with E-state index in [1.807, 2.05) is 0 Å². The molecule has 0 nitrogen and oxygen atoms in total. The molecule has 0 aromatic rings. The Morgan fingerprint density at radius 2 is 1.23 bits per heavy atom. The second-order valence-corrected chi connectivity index (χ2v) is 8.81. The molecular weight excluding hydrogens is 264 g/mol. The molecule has 6 atom stereocenters. The van der Waals surface area contributed by atoms with Gasteiger partial charge >= 0.3 is 0 Å². The molecule has 5 unspecified atom stereocenters. The molecule has 0 heteroatoms. The zero-order valence-corrected chi connectivity index (χ0v) is 14.3. The van der Waals surface area contributed by atoms with Crippen molar-refractivity contribution in [2.75, 3.05) is 0 Å². The SMILES string of the molecule is C[C@@H]1CCC(C(C)(C)C2C3C=CC=CC3C3C=CC=CC32)C1. The van der Waals surface area contributed by atoms with E-state index >= 15 is 0 Å². The van der Waals surface area contributed by atoms with Crippen LogP contribution in [0.1, 0.15) is 40.0 Å². The molecule has 0 heterocycles. The molecule has 4 rings (SSSR count). The molecule has 118 valence electrons. The van der Waals surface area contributed by atoms with Crippen LogP contribution in [0, 0.1) is 46.8 Å². The summed E-state index contributed by atoms with van der Waals surface area (Å²) in [4.78, 5) is 0. The Hall–Kier alpha value is -1.04. The lowest BCUT2D eigenvalue weighted by Crippen LogP contribution is -2.37. The molecule has 4 aliphatic rings. The fraction of sp³-hybridized carbons (Fsp3) is 0.636. The van der Waals surface area contributed by atoms with E-state index in [2.05, 4.69) is 69.4 Å². The van der Waals surface area contributed by atoms with Gasteiger partial charge in [-0.2, -0.15) is 0 Å². The number of allylic oxidation sites excluding steroid dienone is 8. The lowest BCUT2D eigenvalue weighted by Gasteiger charge is -2.43. The fourth-order valence-electron chi connectivity index (χ4n) is 6.17. The minimum Gasteiger partial charge on any atom is -0.0805 e. The summed E-state index contributed by atoms with van der Waals surface area (Å²) in [6.07, 6.45) is 23.5. The average molecular weight is 294 g/mol. The van der Waals surface area contributed by atoms with Crippen molar-refractivity contribution >= 4 is 0 Å². The molecule has 22 heavy (non-hydrogen) atoms. The molecule has 0 amide bonds. The Morgan fingerprint density at radius 3 is 1.68 bits per heavy atom. The van der Waals surface area contributed by atoms with Crippen molar-refractivity contribution in [1.29, 1.82) is 0 Å². The highest BCUT2D eigenvalue weighted by Crippen LogP contribution is 2.60. The Bertz CT molecular complexity index is 510. The monoisotopic (exact) mass is 294 g/mol. The molecule has 0 aromatic carbocycles. The van der Waals surface area contributed by atoms with E-state index in [4.69, 9.17) is 0 Å². The molecular formula is C22H30. The van der Waals surface area contributed by atoms with E-state index < -0.39 is 0 Å². The Morgan fingerprint density at radius 1 is 0.727 bits per heavy atom. The van der Waals surface area contributed by atoms with Gasteiger partial charge in [-0.25, -0.2) is 0 Å². The number of rotatable bonds is 2. The van der Waals surface area contributed by atoms with E-state index in [1.54, 1.807) is 0 Å². The Kier molecular flexibility index (Phi) is 3.47. The predicted octanol–water partition coefficient (Wildman–Crippen LogP) is 5.80. The maximum atomic E-state index is 2.58. The summed E-state index contributed by atoms with van der Waals surface area (Å²) < 4.78 is 0. The summed E-state index contributed by atoms with van der Waals surface area (Å²) in [5.41, 5.74) is 0.443. The second-order valence-electron chi connectivity index (χ2n) is 8.81. The van der Waals surface area contributed by atoms with Gasteiger partial charge in [-0.05, 0) is 59.7 Å². The first-order valence-electron chi connectivity index (χ1n) is 9.29. The quantitative estimate of drug-likeness (QED) is 0.604. The third kappa shape index (κ3) is 2.10. The summed E-state index contributed by atoms with van der Waals surface area (Å²) in [7, 11) is 0. The summed E-state index contributed by atoms with van der Waals surface area (Å²) in [5, 5.41) is 0. The highest BCUT2D eigenvalue weighted by molar-refractivity contribution is 5.29. The molecule has 2 saturated carbocycles. The van der Waals surface area contributed by atoms with Crippen LogP contribution in [0.2, 0.25) is 0 Å². The van der Waals surface area contributed by atoms with Crippen LogP contribution in [0.4, 0.5) is 0 Å². The zero-order valence-electron chi connectivity index (χ0n) is 14.3. The number of hydrogen-bond acceptors (Lipinski definition) is 0.